The fourth-order valence-electron chi connectivity index (χ4n) is 2.34. The van der Waals surface area contributed by atoms with Crippen molar-refractivity contribution in [1.29, 1.82) is 0 Å². The number of halogens is 2. The Hall–Kier alpha value is -1.66. The van der Waals surface area contributed by atoms with Gasteiger partial charge in [0.2, 0.25) is 5.89 Å². The van der Waals surface area contributed by atoms with Crippen molar-refractivity contribution in [3.8, 4) is 11.5 Å². The summed E-state index contributed by atoms with van der Waals surface area (Å²) in [4.78, 5) is 2.40. The average Bonchev–Trinajstić information content (AvgIpc) is 2.88. The molecule has 0 atom stereocenters. The standard InChI is InChI=1S/C17H15Cl2N3OS/c1-21(10-12-5-3-2-4-6-12)11-22-17(24)23-16(20-22)14-8-7-13(18)9-15(14)19/h2-9H,10-11H2,1H3. The Kier molecular flexibility index (Phi) is 5.36. The molecule has 0 unspecified atom stereocenters. The maximum atomic E-state index is 6.20. The topological polar surface area (TPSA) is 34.2 Å². The third-order valence-corrected chi connectivity index (χ3v) is 4.28. The largest absolute Gasteiger partial charge is 0.409 e. The lowest BCUT2D eigenvalue weighted by atomic mass is 10.2. The highest BCUT2D eigenvalue weighted by Crippen LogP contribution is 2.29. The first-order valence-corrected chi connectivity index (χ1v) is 8.45. The van der Waals surface area contributed by atoms with E-state index in [0.29, 0.717) is 33.0 Å². The summed E-state index contributed by atoms with van der Waals surface area (Å²) in [5.41, 5.74) is 1.88. The van der Waals surface area contributed by atoms with Crippen molar-refractivity contribution < 1.29 is 4.42 Å². The molecule has 0 saturated carbocycles. The Morgan fingerprint density at radius 1 is 1.17 bits per heavy atom. The fraction of sp³-hybridized carbons (Fsp3) is 0.176. The second kappa shape index (κ2) is 7.49. The third kappa shape index (κ3) is 4.05. The van der Waals surface area contributed by atoms with E-state index in [1.165, 1.54) is 5.56 Å². The van der Waals surface area contributed by atoms with Gasteiger partial charge in [0.15, 0.2) is 0 Å². The molecule has 3 aromatic rings. The molecule has 124 valence electrons. The van der Waals surface area contributed by atoms with Gasteiger partial charge in [-0.25, -0.2) is 4.68 Å². The van der Waals surface area contributed by atoms with Crippen molar-refractivity contribution in [2.24, 2.45) is 0 Å². The molecule has 0 N–H and O–H groups in total. The molecule has 2 aromatic carbocycles. The van der Waals surface area contributed by atoms with Crippen LogP contribution in [-0.4, -0.2) is 21.7 Å². The first-order chi connectivity index (χ1) is 11.5. The molecule has 4 nitrogen and oxygen atoms in total. The summed E-state index contributed by atoms with van der Waals surface area (Å²) in [6.45, 7) is 1.30. The average molecular weight is 380 g/mol. The van der Waals surface area contributed by atoms with E-state index in [2.05, 4.69) is 22.1 Å². The van der Waals surface area contributed by atoms with Crippen molar-refractivity contribution in [3.05, 3.63) is 69.0 Å². The molecule has 0 amide bonds. The number of rotatable bonds is 5. The molecule has 0 saturated heterocycles. The van der Waals surface area contributed by atoms with Gasteiger partial charge in [-0.05, 0) is 43.0 Å². The monoisotopic (exact) mass is 379 g/mol. The second-order valence-corrected chi connectivity index (χ2v) is 6.63. The minimum atomic E-state index is 0.302. The lowest BCUT2D eigenvalue weighted by Crippen LogP contribution is -2.22. The van der Waals surface area contributed by atoms with Crippen LogP contribution in [0.15, 0.2) is 52.9 Å². The zero-order valence-corrected chi connectivity index (χ0v) is 15.3. The molecule has 1 aromatic heterocycles. The molecule has 3 rings (SSSR count). The van der Waals surface area contributed by atoms with E-state index in [-0.39, 0.29) is 0 Å². The molecular formula is C17H15Cl2N3OS. The van der Waals surface area contributed by atoms with E-state index in [1.807, 2.05) is 25.2 Å². The third-order valence-electron chi connectivity index (χ3n) is 3.44. The van der Waals surface area contributed by atoms with E-state index < -0.39 is 0 Å². The van der Waals surface area contributed by atoms with Crippen LogP contribution in [0.2, 0.25) is 10.0 Å². The van der Waals surface area contributed by atoms with E-state index >= 15 is 0 Å². The van der Waals surface area contributed by atoms with Gasteiger partial charge in [0.1, 0.15) is 0 Å². The molecule has 7 heteroatoms. The maximum Gasteiger partial charge on any atom is 0.288 e. The number of benzene rings is 2. The van der Waals surface area contributed by atoms with Crippen molar-refractivity contribution in [2.45, 2.75) is 13.2 Å². The van der Waals surface area contributed by atoms with Crippen LogP contribution in [0.1, 0.15) is 5.56 Å². The molecule has 0 aliphatic carbocycles. The number of hydrogen-bond donors (Lipinski definition) is 0. The Labute approximate surface area is 155 Å². The molecule has 0 aliphatic rings. The normalized spacial score (nSPS) is 11.2. The van der Waals surface area contributed by atoms with Crippen molar-refractivity contribution in [2.75, 3.05) is 7.05 Å². The lowest BCUT2D eigenvalue weighted by Gasteiger charge is -2.15. The summed E-state index contributed by atoms with van der Waals surface area (Å²) < 4.78 is 7.22. The van der Waals surface area contributed by atoms with Gasteiger partial charge in [0, 0.05) is 11.6 Å². The minimum Gasteiger partial charge on any atom is -0.409 e. The summed E-state index contributed by atoms with van der Waals surface area (Å²) in [5.74, 6) is 0.384. The van der Waals surface area contributed by atoms with Crippen molar-refractivity contribution in [1.82, 2.24) is 14.7 Å². The van der Waals surface area contributed by atoms with Gasteiger partial charge >= 0.3 is 0 Å². The van der Waals surface area contributed by atoms with Gasteiger partial charge in [0.25, 0.3) is 4.84 Å². The molecule has 0 fully saturated rings. The fourth-order valence-corrected chi connectivity index (χ4v) is 3.01. The summed E-state index contributed by atoms with van der Waals surface area (Å²) >= 11 is 17.4. The van der Waals surface area contributed by atoms with E-state index in [9.17, 15) is 0 Å². The van der Waals surface area contributed by atoms with Gasteiger partial charge in [-0.2, -0.15) is 0 Å². The van der Waals surface area contributed by atoms with E-state index in [4.69, 9.17) is 39.8 Å². The molecule has 0 bridgehead atoms. The predicted octanol–water partition coefficient (Wildman–Crippen LogP) is 5.27. The van der Waals surface area contributed by atoms with E-state index in [0.717, 1.165) is 6.54 Å². The lowest BCUT2D eigenvalue weighted by molar-refractivity contribution is 0.240. The number of hydrogen-bond acceptors (Lipinski definition) is 4. The molecule has 0 aliphatic heterocycles. The van der Waals surface area contributed by atoms with Gasteiger partial charge < -0.3 is 4.42 Å². The van der Waals surface area contributed by atoms with Crippen LogP contribution in [-0.2, 0) is 13.2 Å². The van der Waals surface area contributed by atoms with Crippen LogP contribution in [0.4, 0.5) is 0 Å². The molecule has 24 heavy (non-hydrogen) atoms. The minimum absolute atomic E-state index is 0.302. The Bertz CT molecular complexity index is 892. The molecule has 0 spiro atoms. The highest BCUT2D eigenvalue weighted by molar-refractivity contribution is 7.71. The Balaban J connectivity index is 1.78. The highest BCUT2D eigenvalue weighted by atomic mass is 35.5. The van der Waals surface area contributed by atoms with Crippen LogP contribution >= 0.6 is 35.4 Å². The van der Waals surface area contributed by atoms with Crippen LogP contribution in [0.5, 0.6) is 0 Å². The SMILES string of the molecule is CN(Cc1ccccc1)Cn1nc(-c2ccc(Cl)cc2Cl)oc1=S. The molecule has 0 radical (unpaired) electrons. The number of nitrogens with zero attached hydrogens (tertiary/aromatic N) is 3. The van der Waals surface area contributed by atoms with Crippen LogP contribution in [0.25, 0.3) is 11.5 Å². The maximum absolute atomic E-state index is 6.20. The second-order valence-electron chi connectivity index (χ2n) is 5.44. The first kappa shape index (κ1) is 17.2. The van der Waals surface area contributed by atoms with Gasteiger partial charge in [-0.1, -0.05) is 53.5 Å². The summed E-state index contributed by atoms with van der Waals surface area (Å²) in [6, 6.07) is 15.4. The predicted molar refractivity (Wildman–Crippen MR) is 98.7 cm³/mol. The highest BCUT2D eigenvalue weighted by Gasteiger charge is 2.13. The summed E-state index contributed by atoms with van der Waals surface area (Å²) in [7, 11) is 2.00. The van der Waals surface area contributed by atoms with E-state index in [1.54, 1.807) is 22.9 Å². The van der Waals surface area contributed by atoms with Gasteiger partial charge in [0.05, 0.1) is 17.3 Å². The summed E-state index contributed by atoms with van der Waals surface area (Å²) in [6.07, 6.45) is 0. The van der Waals surface area contributed by atoms with Crippen LogP contribution < -0.4 is 0 Å². The van der Waals surface area contributed by atoms with Crippen LogP contribution in [0, 0.1) is 4.84 Å². The quantitative estimate of drug-likeness (QED) is 0.565. The van der Waals surface area contributed by atoms with Gasteiger partial charge in [-0.15, -0.1) is 5.10 Å². The van der Waals surface area contributed by atoms with Gasteiger partial charge in [-0.3, -0.25) is 4.90 Å². The molecule has 1 heterocycles. The summed E-state index contributed by atoms with van der Waals surface area (Å²) in [5, 5.41) is 5.46. The first-order valence-electron chi connectivity index (χ1n) is 7.29. The van der Waals surface area contributed by atoms with Crippen LogP contribution in [0.3, 0.4) is 0 Å². The van der Waals surface area contributed by atoms with Crippen molar-refractivity contribution in [3.63, 3.8) is 0 Å². The zero-order valence-electron chi connectivity index (χ0n) is 12.9. The Morgan fingerprint density at radius 2 is 1.92 bits per heavy atom. The number of aromatic nitrogens is 2. The zero-order chi connectivity index (χ0) is 17.1. The van der Waals surface area contributed by atoms with Crippen molar-refractivity contribution >= 4 is 35.4 Å². The Morgan fingerprint density at radius 3 is 2.62 bits per heavy atom. The molecular weight excluding hydrogens is 365 g/mol. The smallest absolute Gasteiger partial charge is 0.288 e.